The van der Waals surface area contributed by atoms with Gasteiger partial charge in [-0.05, 0) is 29.3 Å². The Balaban J connectivity index is 1.80. The summed E-state index contributed by atoms with van der Waals surface area (Å²) < 4.78 is 5.03. The molecule has 0 N–H and O–H groups in total. The first kappa shape index (κ1) is 16.6. The van der Waals surface area contributed by atoms with Crippen LogP contribution in [0.4, 0.5) is 4.79 Å². The van der Waals surface area contributed by atoms with Crippen molar-refractivity contribution < 1.29 is 14.3 Å². The lowest BCUT2D eigenvalue weighted by Gasteiger charge is -2.18. The molecule has 24 heavy (non-hydrogen) atoms. The van der Waals surface area contributed by atoms with Gasteiger partial charge in [-0.2, -0.15) is 0 Å². The third-order valence-corrected chi connectivity index (χ3v) is 4.40. The number of halogens is 2. The molecule has 0 radical (unpaired) electrons. The van der Waals surface area contributed by atoms with Crippen LogP contribution in [0, 0.1) is 0 Å². The lowest BCUT2D eigenvalue weighted by atomic mass is 10.1. The number of nitrogens with zero attached hydrogens (tertiary/aromatic N) is 1. The van der Waals surface area contributed by atoms with E-state index in [-0.39, 0.29) is 6.61 Å². The maximum atomic E-state index is 12.4. The van der Waals surface area contributed by atoms with E-state index in [1.807, 2.05) is 30.3 Å². The molecule has 1 atom stereocenters. The summed E-state index contributed by atoms with van der Waals surface area (Å²) in [5.41, 5.74) is 1.56. The molecule has 0 aliphatic carbocycles. The van der Waals surface area contributed by atoms with Gasteiger partial charge in [0.15, 0.2) is 0 Å². The third kappa shape index (κ3) is 3.45. The molecule has 1 fully saturated rings. The van der Waals surface area contributed by atoms with Crippen molar-refractivity contribution in [2.45, 2.75) is 6.04 Å². The van der Waals surface area contributed by atoms with Crippen LogP contribution in [0.5, 0.6) is 0 Å². The van der Waals surface area contributed by atoms with Crippen LogP contribution < -0.4 is 0 Å². The van der Waals surface area contributed by atoms with Crippen molar-refractivity contribution in [1.82, 2.24) is 4.90 Å². The van der Waals surface area contributed by atoms with Gasteiger partial charge < -0.3 is 4.74 Å². The Kier molecular flexibility index (Phi) is 4.88. The molecule has 4 nitrogen and oxygen atoms in total. The fourth-order valence-electron chi connectivity index (χ4n) is 2.45. The Labute approximate surface area is 149 Å². The van der Waals surface area contributed by atoms with Gasteiger partial charge in [0.2, 0.25) is 0 Å². The maximum absolute atomic E-state index is 12.4. The Morgan fingerprint density at radius 3 is 2.58 bits per heavy atom. The van der Waals surface area contributed by atoms with Crippen molar-refractivity contribution >= 4 is 41.3 Å². The highest BCUT2D eigenvalue weighted by Gasteiger charge is 2.37. The maximum Gasteiger partial charge on any atom is 0.417 e. The van der Waals surface area contributed by atoms with E-state index in [1.165, 1.54) is 6.08 Å². The average Bonchev–Trinajstić information content (AvgIpc) is 2.98. The van der Waals surface area contributed by atoms with Crippen LogP contribution in [0.3, 0.4) is 0 Å². The van der Waals surface area contributed by atoms with E-state index in [0.717, 1.165) is 10.5 Å². The Morgan fingerprint density at radius 1 is 1.12 bits per heavy atom. The Morgan fingerprint density at radius 2 is 1.88 bits per heavy atom. The van der Waals surface area contributed by atoms with Crippen molar-refractivity contribution in [1.29, 1.82) is 0 Å². The Bertz CT molecular complexity index is 805. The van der Waals surface area contributed by atoms with Crippen molar-refractivity contribution in [3.8, 4) is 0 Å². The number of cyclic esters (lactones) is 1. The topological polar surface area (TPSA) is 46.6 Å². The zero-order valence-corrected chi connectivity index (χ0v) is 14.0. The molecule has 1 saturated heterocycles. The molecule has 122 valence electrons. The van der Waals surface area contributed by atoms with Gasteiger partial charge in [0.05, 0.1) is 10.0 Å². The number of imide groups is 1. The van der Waals surface area contributed by atoms with E-state index in [2.05, 4.69) is 0 Å². The van der Waals surface area contributed by atoms with Crippen LogP contribution >= 0.6 is 23.2 Å². The van der Waals surface area contributed by atoms with Crippen molar-refractivity contribution in [2.75, 3.05) is 6.61 Å². The van der Waals surface area contributed by atoms with Gasteiger partial charge in [0.1, 0.15) is 12.6 Å². The summed E-state index contributed by atoms with van der Waals surface area (Å²) in [5, 5.41) is 0.835. The molecular weight excluding hydrogens is 349 g/mol. The second-order valence-electron chi connectivity index (χ2n) is 5.22. The molecule has 1 aliphatic heterocycles. The average molecular weight is 362 g/mol. The molecule has 2 aromatic rings. The number of hydrogen-bond donors (Lipinski definition) is 0. The van der Waals surface area contributed by atoms with Gasteiger partial charge in [0, 0.05) is 6.08 Å². The highest BCUT2D eigenvalue weighted by atomic mass is 35.5. The molecule has 2 aromatic carbocycles. The fourth-order valence-corrected chi connectivity index (χ4v) is 2.76. The third-order valence-electron chi connectivity index (χ3n) is 3.66. The molecule has 0 aromatic heterocycles. The van der Waals surface area contributed by atoms with Gasteiger partial charge in [-0.3, -0.25) is 4.79 Å². The first-order chi connectivity index (χ1) is 11.6. The first-order valence-corrected chi connectivity index (χ1v) is 8.00. The molecule has 0 bridgehead atoms. The lowest BCUT2D eigenvalue weighted by molar-refractivity contribution is -0.124. The fraction of sp³-hybridized carbons (Fsp3) is 0.111. The van der Waals surface area contributed by atoms with Gasteiger partial charge in [-0.15, -0.1) is 0 Å². The van der Waals surface area contributed by atoms with Crippen LogP contribution in [0.1, 0.15) is 17.2 Å². The summed E-state index contributed by atoms with van der Waals surface area (Å²) >= 11 is 11.8. The van der Waals surface area contributed by atoms with Gasteiger partial charge >= 0.3 is 6.09 Å². The van der Waals surface area contributed by atoms with Crippen LogP contribution in [0.15, 0.2) is 54.6 Å². The molecule has 6 heteroatoms. The minimum Gasteiger partial charge on any atom is -0.446 e. The Hall–Kier alpha value is -2.30. The molecule has 1 aliphatic rings. The number of carbonyl (C=O) groups excluding carboxylic acids is 2. The first-order valence-electron chi connectivity index (χ1n) is 7.24. The summed E-state index contributed by atoms with van der Waals surface area (Å²) in [6, 6.07) is 13.9. The number of amides is 2. The monoisotopic (exact) mass is 361 g/mol. The minimum absolute atomic E-state index is 0.148. The van der Waals surface area contributed by atoms with Gasteiger partial charge in [0.25, 0.3) is 5.91 Å². The molecule has 3 rings (SSSR count). The van der Waals surface area contributed by atoms with Crippen molar-refractivity contribution in [3.63, 3.8) is 0 Å². The molecule has 2 amide bonds. The zero-order valence-electron chi connectivity index (χ0n) is 12.5. The number of ether oxygens (including phenoxy) is 1. The largest absolute Gasteiger partial charge is 0.446 e. The summed E-state index contributed by atoms with van der Waals surface area (Å²) in [6.07, 6.45) is 2.26. The van der Waals surface area contributed by atoms with E-state index in [0.29, 0.717) is 15.6 Å². The van der Waals surface area contributed by atoms with E-state index in [4.69, 9.17) is 27.9 Å². The minimum atomic E-state index is -0.646. The van der Waals surface area contributed by atoms with Crippen LogP contribution in [0.2, 0.25) is 10.0 Å². The summed E-state index contributed by atoms with van der Waals surface area (Å²) in [4.78, 5) is 25.5. The SMILES string of the molecule is O=C(/C=C/c1ccc(Cl)c(Cl)c1)N1C(=O)OC[C@@H]1c1ccccc1. The van der Waals surface area contributed by atoms with Gasteiger partial charge in [-0.25, -0.2) is 9.69 Å². The van der Waals surface area contributed by atoms with Crippen LogP contribution in [-0.4, -0.2) is 23.5 Å². The highest BCUT2D eigenvalue weighted by molar-refractivity contribution is 6.42. The zero-order chi connectivity index (χ0) is 17.1. The second-order valence-corrected chi connectivity index (χ2v) is 6.03. The number of rotatable bonds is 3. The van der Waals surface area contributed by atoms with E-state index < -0.39 is 18.0 Å². The van der Waals surface area contributed by atoms with Gasteiger partial charge in [-0.1, -0.05) is 59.6 Å². The molecule has 0 saturated carbocycles. The normalized spacial score (nSPS) is 17.3. The summed E-state index contributed by atoms with van der Waals surface area (Å²) in [7, 11) is 0. The molecule has 1 heterocycles. The van der Waals surface area contributed by atoms with Crippen molar-refractivity contribution in [2.24, 2.45) is 0 Å². The number of benzene rings is 2. The van der Waals surface area contributed by atoms with E-state index in [1.54, 1.807) is 24.3 Å². The van der Waals surface area contributed by atoms with Crippen LogP contribution in [-0.2, 0) is 9.53 Å². The summed E-state index contributed by atoms with van der Waals surface area (Å²) in [6.45, 7) is 0.148. The smallest absolute Gasteiger partial charge is 0.417 e. The predicted octanol–water partition coefficient (Wildman–Crippen LogP) is 4.73. The predicted molar refractivity (Wildman–Crippen MR) is 92.9 cm³/mol. The molecule has 0 unspecified atom stereocenters. The molecule has 0 spiro atoms. The van der Waals surface area contributed by atoms with Crippen LogP contribution in [0.25, 0.3) is 6.08 Å². The standard InChI is InChI=1S/C18H13Cl2NO3/c19-14-8-6-12(10-15(14)20)7-9-17(22)21-16(11-24-18(21)23)13-4-2-1-3-5-13/h1-10,16H,11H2/b9-7+/t16-/m1/s1. The second kappa shape index (κ2) is 7.07. The summed E-state index contributed by atoms with van der Waals surface area (Å²) in [5.74, 6) is -0.447. The molecular formula is C18H13Cl2NO3. The van der Waals surface area contributed by atoms with E-state index in [9.17, 15) is 9.59 Å². The quantitative estimate of drug-likeness (QED) is 0.742. The number of carbonyl (C=O) groups is 2. The number of hydrogen-bond acceptors (Lipinski definition) is 3. The highest BCUT2D eigenvalue weighted by Crippen LogP contribution is 2.28. The lowest BCUT2D eigenvalue weighted by Crippen LogP contribution is -2.32. The van der Waals surface area contributed by atoms with Crippen molar-refractivity contribution in [3.05, 3.63) is 75.8 Å². The van der Waals surface area contributed by atoms with E-state index >= 15 is 0 Å².